The maximum absolute atomic E-state index is 11.2. The van der Waals surface area contributed by atoms with Crippen molar-refractivity contribution in [2.45, 2.75) is 0 Å². The number of anilines is 3. The van der Waals surface area contributed by atoms with Crippen molar-refractivity contribution in [2.24, 2.45) is 0 Å². The molecule has 0 aliphatic carbocycles. The lowest BCUT2D eigenvalue weighted by atomic mass is 10.1. The van der Waals surface area contributed by atoms with Crippen LogP contribution in [0.4, 0.5) is 17.1 Å². The molecule has 1 aromatic carbocycles. The van der Waals surface area contributed by atoms with Gasteiger partial charge in [0.1, 0.15) is 0 Å². The number of pyridine rings is 1. The molecule has 0 saturated carbocycles. The van der Waals surface area contributed by atoms with Gasteiger partial charge in [-0.05, 0) is 24.3 Å². The summed E-state index contributed by atoms with van der Waals surface area (Å²) >= 11 is 0. The van der Waals surface area contributed by atoms with Crippen LogP contribution in [0.3, 0.4) is 0 Å². The molecule has 0 amide bonds. The Balaban J connectivity index is 2.54. The number of carboxylic acid groups (broad SMARTS) is 1. The van der Waals surface area contributed by atoms with Gasteiger partial charge in [0.2, 0.25) is 0 Å². The van der Waals surface area contributed by atoms with Crippen molar-refractivity contribution >= 4 is 23.0 Å². The zero-order valence-corrected chi connectivity index (χ0v) is 9.87. The number of hydrogen-bond donors (Lipinski definition) is 2. The number of para-hydroxylation sites is 1. The Morgan fingerprint density at radius 3 is 2.72 bits per heavy atom. The lowest BCUT2D eigenvalue weighted by molar-refractivity contribution is 0.0697. The van der Waals surface area contributed by atoms with Crippen LogP contribution in [0.2, 0.25) is 0 Å². The van der Waals surface area contributed by atoms with Gasteiger partial charge in [-0.15, -0.1) is 0 Å². The SMILES string of the molecule is CN(c1cccnc1)c1c(N)cccc1C(=O)O. The standard InChI is InChI=1S/C13H13N3O2/c1-16(9-4-3-7-15-8-9)12-10(13(17)18)5-2-6-11(12)14/h2-8H,14H2,1H3,(H,17,18). The van der Waals surface area contributed by atoms with Gasteiger partial charge < -0.3 is 15.7 Å². The van der Waals surface area contributed by atoms with Gasteiger partial charge >= 0.3 is 5.97 Å². The van der Waals surface area contributed by atoms with E-state index < -0.39 is 5.97 Å². The van der Waals surface area contributed by atoms with E-state index in [0.29, 0.717) is 11.4 Å². The van der Waals surface area contributed by atoms with E-state index in [4.69, 9.17) is 5.73 Å². The highest BCUT2D eigenvalue weighted by atomic mass is 16.4. The summed E-state index contributed by atoms with van der Waals surface area (Å²) in [5, 5.41) is 9.19. The van der Waals surface area contributed by atoms with Crippen LogP contribution >= 0.6 is 0 Å². The van der Waals surface area contributed by atoms with Crippen LogP contribution in [0.15, 0.2) is 42.7 Å². The molecule has 3 N–H and O–H groups in total. The Kier molecular flexibility index (Phi) is 3.14. The summed E-state index contributed by atoms with van der Waals surface area (Å²) in [6, 6.07) is 8.45. The normalized spacial score (nSPS) is 10.1. The molecular formula is C13H13N3O2. The summed E-state index contributed by atoms with van der Waals surface area (Å²) in [5.74, 6) is -1.01. The first kappa shape index (κ1) is 11.9. The van der Waals surface area contributed by atoms with Crippen molar-refractivity contribution in [1.29, 1.82) is 0 Å². The van der Waals surface area contributed by atoms with Crippen LogP contribution in [0.1, 0.15) is 10.4 Å². The van der Waals surface area contributed by atoms with Gasteiger partial charge in [-0.3, -0.25) is 4.98 Å². The van der Waals surface area contributed by atoms with Crippen LogP contribution in [-0.4, -0.2) is 23.1 Å². The maximum atomic E-state index is 11.2. The Labute approximate surface area is 104 Å². The lowest BCUT2D eigenvalue weighted by Gasteiger charge is -2.22. The summed E-state index contributed by atoms with van der Waals surface area (Å²) in [6.07, 6.45) is 3.31. The van der Waals surface area contributed by atoms with E-state index in [1.807, 2.05) is 6.07 Å². The van der Waals surface area contributed by atoms with E-state index >= 15 is 0 Å². The fourth-order valence-corrected chi connectivity index (χ4v) is 1.79. The van der Waals surface area contributed by atoms with E-state index in [2.05, 4.69) is 4.98 Å². The second-order valence-corrected chi connectivity index (χ2v) is 3.82. The van der Waals surface area contributed by atoms with Gasteiger partial charge in [0.05, 0.1) is 28.8 Å². The molecule has 1 heterocycles. The molecule has 0 radical (unpaired) electrons. The molecule has 0 aliphatic heterocycles. The first-order valence-electron chi connectivity index (χ1n) is 5.37. The number of carboxylic acids is 1. The van der Waals surface area contributed by atoms with E-state index in [1.54, 1.807) is 42.5 Å². The van der Waals surface area contributed by atoms with Crippen molar-refractivity contribution in [3.05, 3.63) is 48.3 Å². The quantitative estimate of drug-likeness (QED) is 0.807. The first-order chi connectivity index (χ1) is 8.61. The van der Waals surface area contributed by atoms with Crippen molar-refractivity contribution in [3.8, 4) is 0 Å². The van der Waals surface area contributed by atoms with Crippen LogP contribution < -0.4 is 10.6 Å². The summed E-state index contributed by atoms with van der Waals surface area (Å²) in [5.41, 5.74) is 7.70. The predicted molar refractivity (Wildman–Crippen MR) is 70.1 cm³/mol. The molecule has 0 aliphatic rings. The highest BCUT2D eigenvalue weighted by Gasteiger charge is 2.17. The third-order valence-corrected chi connectivity index (χ3v) is 2.67. The van der Waals surface area contributed by atoms with Crippen molar-refractivity contribution in [1.82, 2.24) is 4.98 Å². The Bertz CT molecular complexity index is 570. The van der Waals surface area contributed by atoms with Gasteiger partial charge in [0.25, 0.3) is 0 Å². The van der Waals surface area contributed by atoms with E-state index in [-0.39, 0.29) is 5.56 Å². The average molecular weight is 243 g/mol. The number of rotatable bonds is 3. The van der Waals surface area contributed by atoms with Gasteiger partial charge in [0, 0.05) is 13.2 Å². The predicted octanol–water partition coefficient (Wildman–Crippen LogP) is 2.13. The number of aromatic nitrogens is 1. The van der Waals surface area contributed by atoms with E-state index in [9.17, 15) is 9.90 Å². The molecule has 2 rings (SSSR count). The summed E-state index contributed by atoms with van der Waals surface area (Å²) < 4.78 is 0. The highest BCUT2D eigenvalue weighted by molar-refractivity contribution is 5.99. The molecule has 0 fully saturated rings. The summed E-state index contributed by atoms with van der Waals surface area (Å²) in [7, 11) is 1.76. The Hall–Kier alpha value is -2.56. The number of nitrogens with zero attached hydrogens (tertiary/aromatic N) is 2. The molecular weight excluding hydrogens is 230 g/mol. The molecule has 2 aromatic rings. The van der Waals surface area contributed by atoms with E-state index in [1.165, 1.54) is 6.07 Å². The number of aromatic carboxylic acids is 1. The molecule has 0 saturated heterocycles. The molecule has 18 heavy (non-hydrogen) atoms. The number of nitrogen functional groups attached to an aromatic ring is 1. The average Bonchev–Trinajstić information content (AvgIpc) is 2.38. The van der Waals surface area contributed by atoms with Gasteiger partial charge in [-0.25, -0.2) is 4.79 Å². The molecule has 92 valence electrons. The fraction of sp³-hybridized carbons (Fsp3) is 0.0769. The highest BCUT2D eigenvalue weighted by Crippen LogP contribution is 2.31. The fourth-order valence-electron chi connectivity index (χ4n) is 1.79. The second-order valence-electron chi connectivity index (χ2n) is 3.82. The summed E-state index contributed by atoms with van der Waals surface area (Å²) in [4.78, 5) is 16.9. The molecule has 5 nitrogen and oxygen atoms in total. The summed E-state index contributed by atoms with van der Waals surface area (Å²) in [6.45, 7) is 0. The molecule has 0 spiro atoms. The Morgan fingerprint density at radius 2 is 2.11 bits per heavy atom. The largest absolute Gasteiger partial charge is 0.478 e. The molecule has 0 atom stereocenters. The maximum Gasteiger partial charge on any atom is 0.337 e. The van der Waals surface area contributed by atoms with Crippen molar-refractivity contribution in [3.63, 3.8) is 0 Å². The number of hydrogen-bond acceptors (Lipinski definition) is 4. The zero-order valence-electron chi connectivity index (χ0n) is 9.87. The van der Waals surface area contributed by atoms with Gasteiger partial charge in [0.15, 0.2) is 0 Å². The lowest BCUT2D eigenvalue weighted by Crippen LogP contribution is -2.16. The van der Waals surface area contributed by atoms with Crippen LogP contribution in [-0.2, 0) is 0 Å². The topological polar surface area (TPSA) is 79.5 Å². The third kappa shape index (κ3) is 2.10. The minimum atomic E-state index is -1.01. The first-order valence-corrected chi connectivity index (χ1v) is 5.37. The second kappa shape index (κ2) is 4.75. The minimum Gasteiger partial charge on any atom is -0.478 e. The van der Waals surface area contributed by atoms with Crippen LogP contribution in [0.5, 0.6) is 0 Å². The van der Waals surface area contributed by atoms with Crippen LogP contribution in [0, 0.1) is 0 Å². The smallest absolute Gasteiger partial charge is 0.337 e. The minimum absolute atomic E-state index is 0.168. The van der Waals surface area contributed by atoms with Crippen molar-refractivity contribution in [2.75, 3.05) is 17.7 Å². The van der Waals surface area contributed by atoms with Gasteiger partial charge in [-0.1, -0.05) is 6.07 Å². The molecule has 0 bridgehead atoms. The number of carbonyl (C=O) groups is 1. The Morgan fingerprint density at radius 1 is 1.33 bits per heavy atom. The van der Waals surface area contributed by atoms with Crippen LogP contribution in [0.25, 0.3) is 0 Å². The van der Waals surface area contributed by atoms with Crippen molar-refractivity contribution < 1.29 is 9.90 Å². The third-order valence-electron chi connectivity index (χ3n) is 2.67. The molecule has 0 unspecified atom stereocenters. The monoisotopic (exact) mass is 243 g/mol. The number of nitrogens with two attached hydrogens (primary N) is 1. The molecule has 5 heteroatoms. The zero-order chi connectivity index (χ0) is 13.1. The number of benzene rings is 1. The molecule has 1 aromatic heterocycles. The van der Waals surface area contributed by atoms with E-state index in [0.717, 1.165) is 5.69 Å². The van der Waals surface area contributed by atoms with Gasteiger partial charge in [-0.2, -0.15) is 0 Å².